The first-order chi connectivity index (χ1) is 24.6. The Labute approximate surface area is 307 Å². The lowest BCUT2D eigenvalue weighted by Gasteiger charge is -2.40. The molecule has 4 aromatic carbocycles. The van der Waals surface area contributed by atoms with Gasteiger partial charge in [0.05, 0.1) is 12.8 Å². The van der Waals surface area contributed by atoms with Crippen LogP contribution < -0.4 is 14.1 Å². The molecule has 274 valence electrons. The van der Waals surface area contributed by atoms with Gasteiger partial charge in [0.1, 0.15) is 30.0 Å². The maximum absolute atomic E-state index is 14.1. The summed E-state index contributed by atoms with van der Waals surface area (Å²) in [4.78, 5) is 43.5. The summed E-state index contributed by atoms with van der Waals surface area (Å²) in [7, 11) is -1.04. The van der Waals surface area contributed by atoms with Gasteiger partial charge in [0, 0.05) is 38.5 Å². The fourth-order valence-corrected chi connectivity index (χ4v) is 7.09. The third-order valence-electron chi connectivity index (χ3n) is 10.1. The van der Waals surface area contributed by atoms with Crippen LogP contribution in [0.5, 0.6) is 11.5 Å². The standard InChI is InChI=1S/C42H49FN2O6Si/c1-29(46)45(21-20-39(47)32-16-18-36(19-17-32)50-28-30-12-9-8-10-13-30)37-23-33-24-38(41(48)49-5)44(26-31-14-11-15-35(43)22-31)27-34(33)25-40(37)51-52(6,7)42(2,3)4/h8-19,22-23,25,38H,20-21,24,26-28H2,1-7H3/t38-/m0/s1. The molecule has 0 saturated carbocycles. The number of amides is 1. The smallest absolute Gasteiger partial charge is 0.323 e. The van der Waals surface area contributed by atoms with Crippen LogP contribution >= 0.6 is 0 Å². The molecule has 0 saturated heterocycles. The molecular weight excluding hydrogens is 676 g/mol. The van der Waals surface area contributed by atoms with E-state index in [4.69, 9.17) is 13.9 Å². The topological polar surface area (TPSA) is 85.4 Å². The van der Waals surface area contributed by atoms with Crippen LogP contribution in [0.3, 0.4) is 0 Å². The number of carbonyl (C=O) groups excluding carboxylic acids is 3. The predicted molar refractivity (Wildman–Crippen MR) is 204 cm³/mol. The number of methoxy groups -OCH3 is 1. The number of Topliss-reactive ketones (excluding diaryl/α,β-unsaturated/α-hetero) is 1. The third-order valence-corrected chi connectivity index (χ3v) is 14.4. The monoisotopic (exact) mass is 724 g/mol. The van der Waals surface area contributed by atoms with Crippen molar-refractivity contribution < 1.29 is 32.7 Å². The van der Waals surface area contributed by atoms with Crippen molar-refractivity contribution in [2.75, 3.05) is 18.6 Å². The Morgan fingerprint density at radius 2 is 1.60 bits per heavy atom. The largest absolute Gasteiger partial charge is 0.542 e. The van der Waals surface area contributed by atoms with Gasteiger partial charge in [0.15, 0.2) is 5.78 Å². The highest BCUT2D eigenvalue weighted by molar-refractivity contribution is 6.74. The van der Waals surface area contributed by atoms with Gasteiger partial charge in [-0.2, -0.15) is 0 Å². The Morgan fingerprint density at radius 1 is 0.904 bits per heavy atom. The molecule has 0 bridgehead atoms. The molecule has 8 nitrogen and oxygen atoms in total. The number of benzene rings is 4. The van der Waals surface area contributed by atoms with Gasteiger partial charge in [-0.1, -0.05) is 63.2 Å². The Bertz CT molecular complexity index is 1890. The molecular formula is C42H49FN2O6Si. The highest BCUT2D eigenvalue weighted by atomic mass is 28.4. The summed E-state index contributed by atoms with van der Waals surface area (Å²) in [6.07, 6.45) is 0.417. The Morgan fingerprint density at radius 3 is 2.23 bits per heavy atom. The Hall–Kier alpha value is -4.80. The molecule has 0 N–H and O–H groups in total. The molecule has 0 radical (unpaired) electrons. The van der Waals surface area contributed by atoms with E-state index in [1.165, 1.54) is 26.2 Å². The molecule has 0 fully saturated rings. The van der Waals surface area contributed by atoms with E-state index in [0.717, 1.165) is 22.3 Å². The molecule has 10 heteroatoms. The summed E-state index contributed by atoms with van der Waals surface area (Å²) in [6.45, 7) is 13.5. The van der Waals surface area contributed by atoms with Crippen molar-refractivity contribution >= 4 is 31.7 Å². The minimum atomic E-state index is -2.40. The summed E-state index contributed by atoms with van der Waals surface area (Å²) in [6, 6.07) is 26.6. The minimum Gasteiger partial charge on any atom is -0.542 e. The maximum atomic E-state index is 14.1. The summed E-state index contributed by atoms with van der Waals surface area (Å²) >= 11 is 0. The first kappa shape index (κ1) is 38.4. The second-order valence-electron chi connectivity index (χ2n) is 14.9. The number of nitrogens with zero attached hydrogens (tertiary/aromatic N) is 2. The number of hydrogen-bond donors (Lipinski definition) is 0. The molecule has 0 spiro atoms. The van der Waals surface area contributed by atoms with Crippen molar-refractivity contribution in [2.24, 2.45) is 0 Å². The van der Waals surface area contributed by atoms with E-state index in [1.807, 2.05) is 53.4 Å². The molecule has 0 unspecified atom stereocenters. The SMILES string of the molecule is COC(=O)[C@@H]1Cc2cc(N(CCC(=O)c3ccc(OCc4ccccc4)cc3)C(C)=O)c(O[Si](C)(C)C(C)(C)C)cc2CN1Cc1cccc(F)c1. The van der Waals surface area contributed by atoms with Crippen molar-refractivity contribution in [3.63, 3.8) is 0 Å². The summed E-state index contributed by atoms with van der Waals surface area (Å²) < 4.78 is 32.1. The number of anilines is 1. The van der Waals surface area contributed by atoms with Gasteiger partial charge in [0.25, 0.3) is 8.32 Å². The maximum Gasteiger partial charge on any atom is 0.323 e. The van der Waals surface area contributed by atoms with E-state index in [1.54, 1.807) is 35.2 Å². The fourth-order valence-electron chi connectivity index (χ4n) is 6.07. The molecule has 1 heterocycles. The lowest BCUT2D eigenvalue weighted by atomic mass is 9.92. The number of hydrogen-bond acceptors (Lipinski definition) is 7. The number of esters is 1. The Balaban J connectivity index is 1.42. The van der Waals surface area contributed by atoms with Crippen molar-refractivity contribution in [1.29, 1.82) is 0 Å². The fraction of sp³-hybridized carbons (Fsp3) is 0.357. The normalized spacial score (nSPS) is 14.7. The number of carbonyl (C=O) groups is 3. The van der Waals surface area contributed by atoms with Crippen LogP contribution in [-0.4, -0.2) is 50.6 Å². The van der Waals surface area contributed by atoms with Crippen LogP contribution in [0.4, 0.5) is 10.1 Å². The number of halogens is 1. The van der Waals surface area contributed by atoms with E-state index in [9.17, 15) is 18.8 Å². The average Bonchev–Trinajstić information content (AvgIpc) is 3.10. The van der Waals surface area contributed by atoms with Crippen molar-refractivity contribution in [3.05, 3.63) is 125 Å². The molecule has 1 atom stereocenters. The van der Waals surface area contributed by atoms with Crippen molar-refractivity contribution in [1.82, 2.24) is 4.90 Å². The Kier molecular flexibility index (Phi) is 12.0. The van der Waals surface area contributed by atoms with Gasteiger partial charge in [0.2, 0.25) is 5.91 Å². The molecule has 0 aromatic heterocycles. The highest BCUT2D eigenvalue weighted by Gasteiger charge is 2.41. The van der Waals surface area contributed by atoms with Crippen LogP contribution in [0.15, 0.2) is 91.0 Å². The minimum absolute atomic E-state index is 0.0899. The second-order valence-corrected chi connectivity index (χ2v) is 19.6. The molecule has 4 aromatic rings. The van der Waals surface area contributed by atoms with E-state index in [-0.39, 0.29) is 35.5 Å². The first-order valence-electron chi connectivity index (χ1n) is 17.6. The third kappa shape index (κ3) is 9.35. The molecule has 52 heavy (non-hydrogen) atoms. The van der Waals surface area contributed by atoms with Crippen LogP contribution in [0.1, 0.15) is 66.7 Å². The van der Waals surface area contributed by atoms with Crippen molar-refractivity contribution in [2.45, 2.75) is 84.4 Å². The summed E-state index contributed by atoms with van der Waals surface area (Å²) in [5.74, 6) is 0.153. The van der Waals surface area contributed by atoms with Crippen LogP contribution in [0.25, 0.3) is 0 Å². The molecule has 1 aliphatic heterocycles. The molecule has 5 rings (SSSR count). The quantitative estimate of drug-likeness (QED) is 0.0777. The van der Waals surface area contributed by atoms with Gasteiger partial charge < -0.3 is 18.8 Å². The second kappa shape index (κ2) is 16.3. The average molecular weight is 725 g/mol. The van der Waals surface area contributed by atoms with E-state index < -0.39 is 20.3 Å². The van der Waals surface area contributed by atoms with Crippen LogP contribution in [-0.2, 0) is 40.4 Å². The summed E-state index contributed by atoms with van der Waals surface area (Å²) in [5, 5.41) is -0.131. The van der Waals surface area contributed by atoms with E-state index in [0.29, 0.717) is 48.9 Å². The van der Waals surface area contributed by atoms with Crippen LogP contribution in [0.2, 0.25) is 18.1 Å². The zero-order valence-electron chi connectivity index (χ0n) is 31.2. The lowest BCUT2D eigenvalue weighted by Crippen LogP contribution is -2.46. The highest BCUT2D eigenvalue weighted by Crippen LogP contribution is 2.43. The molecule has 0 aliphatic carbocycles. The zero-order chi connectivity index (χ0) is 37.6. The van der Waals surface area contributed by atoms with Gasteiger partial charge in [-0.05, 0) is 95.3 Å². The number of ketones is 1. The van der Waals surface area contributed by atoms with Crippen molar-refractivity contribution in [3.8, 4) is 11.5 Å². The van der Waals surface area contributed by atoms with Gasteiger partial charge in [-0.25, -0.2) is 4.39 Å². The van der Waals surface area contributed by atoms with E-state index in [2.05, 4.69) is 33.9 Å². The van der Waals surface area contributed by atoms with E-state index >= 15 is 0 Å². The number of rotatable bonds is 13. The van der Waals surface area contributed by atoms with Gasteiger partial charge in [-0.15, -0.1) is 0 Å². The lowest BCUT2D eigenvalue weighted by molar-refractivity contribution is -0.148. The zero-order valence-corrected chi connectivity index (χ0v) is 32.2. The van der Waals surface area contributed by atoms with Crippen LogP contribution in [0, 0.1) is 5.82 Å². The van der Waals surface area contributed by atoms with Gasteiger partial charge >= 0.3 is 5.97 Å². The van der Waals surface area contributed by atoms with Gasteiger partial charge in [-0.3, -0.25) is 19.3 Å². The first-order valence-corrected chi connectivity index (χ1v) is 20.5. The molecule has 1 amide bonds. The predicted octanol–water partition coefficient (Wildman–Crippen LogP) is 8.51. The summed E-state index contributed by atoms with van der Waals surface area (Å²) in [5.41, 5.74) is 4.71. The number of fused-ring (bicyclic) bond motifs is 1. The number of ether oxygens (including phenoxy) is 2. The molecule has 1 aliphatic rings.